The third-order valence-corrected chi connectivity index (χ3v) is 6.40. The first-order valence-corrected chi connectivity index (χ1v) is 9.50. The molecular formula is C18H30IN3OS. The van der Waals surface area contributed by atoms with Crippen molar-refractivity contribution in [2.24, 2.45) is 16.3 Å². The number of hydrogen-bond acceptors (Lipinski definition) is 3. The van der Waals surface area contributed by atoms with Gasteiger partial charge in [0.05, 0.1) is 6.10 Å². The van der Waals surface area contributed by atoms with Gasteiger partial charge in [-0.15, -0.1) is 35.3 Å². The molecule has 3 atom stereocenters. The van der Waals surface area contributed by atoms with Gasteiger partial charge in [0.25, 0.3) is 0 Å². The van der Waals surface area contributed by atoms with Gasteiger partial charge in [-0.2, -0.15) is 0 Å². The second-order valence-electron chi connectivity index (χ2n) is 7.34. The predicted molar refractivity (Wildman–Crippen MR) is 113 cm³/mol. The van der Waals surface area contributed by atoms with E-state index in [9.17, 15) is 0 Å². The van der Waals surface area contributed by atoms with Crippen molar-refractivity contribution in [2.45, 2.75) is 45.3 Å². The van der Waals surface area contributed by atoms with Crippen LogP contribution in [0.4, 0.5) is 0 Å². The van der Waals surface area contributed by atoms with Crippen molar-refractivity contribution in [3.63, 3.8) is 0 Å². The van der Waals surface area contributed by atoms with E-state index in [0.717, 1.165) is 25.5 Å². The van der Waals surface area contributed by atoms with Crippen molar-refractivity contribution in [1.82, 2.24) is 10.2 Å². The molecule has 0 radical (unpaired) electrons. The largest absolute Gasteiger partial charge is 0.377 e. The topological polar surface area (TPSA) is 36.9 Å². The smallest absolute Gasteiger partial charge is 0.193 e. The molecule has 2 aliphatic rings. The first-order chi connectivity index (χ1) is 11.0. The van der Waals surface area contributed by atoms with E-state index in [1.807, 2.05) is 18.4 Å². The van der Waals surface area contributed by atoms with Gasteiger partial charge >= 0.3 is 0 Å². The summed E-state index contributed by atoms with van der Waals surface area (Å²) < 4.78 is 6.00. The molecule has 3 rings (SSSR count). The quantitative estimate of drug-likeness (QED) is 0.421. The Morgan fingerprint density at radius 2 is 2.29 bits per heavy atom. The summed E-state index contributed by atoms with van der Waals surface area (Å²) in [6.07, 6.45) is 3.92. The fourth-order valence-electron chi connectivity index (χ4n) is 4.14. The summed E-state index contributed by atoms with van der Waals surface area (Å²) in [6.45, 7) is 6.54. The summed E-state index contributed by atoms with van der Waals surface area (Å²) in [5.41, 5.74) is 0.176. The number of hydrogen-bond donors (Lipinski definition) is 1. The highest BCUT2D eigenvalue weighted by Gasteiger charge is 2.58. The molecule has 2 heterocycles. The first kappa shape index (κ1) is 20.0. The van der Waals surface area contributed by atoms with Gasteiger partial charge in [0.1, 0.15) is 0 Å². The van der Waals surface area contributed by atoms with Crippen LogP contribution in [-0.2, 0) is 11.2 Å². The van der Waals surface area contributed by atoms with E-state index >= 15 is 0 Å². The van der Waals surface area contributed by atoms with E-state index in [2.05, 4.69) is 53.6 Å². The maximum absolute atomic E-state index is 6.00. The summed E-state index contributed by atoms with van der Waals surface area (Å²) in [5, 5.41) is 5.86. The second-order valence-corrected chi connectivity index (χ2v) is 8.37. The number of ether oxygens (including phenoxy) is 1. The number of fused-ring (bicyclic) bond motifs is 1. The minimum Gasteiger partial charge on any atom is -0.377 e. The lowest BCUT2D eigenvalue weighted by Crippen LogP contribution is -2.71. The molecule has 1 aliphatic carbocycles. The average Bonchev–Trinajstić information content (AvgIpc) is 3.07. The number of rotatable bonds is 4. The summed E-state index contributed by atoms with van der Waals surface area (Å²) in [7, 11) is 4.01. The lowest BCUT2D eigenvalue weighted by molar-refractivity contribution is -0.188. The zero-order valence-electron chi connectivity index (χ0n) is 15.1. The molecule has 1 saturated carbocycles. The van der Waals surface area contributed by atoms with Crippen LogP contribution in [0, 0.1) is 11.3 Å². The number of aliphatic imine (C=N–C) groups is 1. The van der Waals surface area contributed by atoms with Crippen LogP contribution < -0.4 is 5.32 Å². The summed E-state index contributed by atoms with van der Waals surface area (Å²) in [4.78, 5) is 8.18. The number of likely N-dealkylation sites (N-methyl/N-ethyl adjacent to an activating group) is 1. The van der Waals surface area contributed by atoms with E-state index in [1.54, 1.807) is 0 Å². The van der Waals surface area contributed by atoms with Crippen molar-refractivity contribution >= 4 is 41.3 Å². The number of thiophene rings is 1. The third-order valence-electron chi connectivity index (χ3n) is 5.46. The zero-order valence-corrected chi connectivity index (χ0v) is 18.3. The van der Waals surface area contributed by atoms with Gasteiger partial charge in [0, 0.05) is 49.5 Å². The minimum atomic E-state index is 0. The van der Waals surface area contributed by atoms with Gasteiger partial charge in [0.2, 0.25) is 0 Å². The van der Waals surface area contributed by atoms with Gasteiger partial charge in [-0.05, 0) is 30.7 Å². The molecule has 0 amide bonds. The van der Waals surface area contributed by atoms with Crippen molar-refractivity contribution in [2.75, 3.05) is 27.2 Å². The Bertz CT molecular complexity index is 546. The van der Waals surface area contributed by atoms with Crippen LogP contribution in [0.2, 0.25) is 0 Å². The van der Waals surface area contributed by atoms with E-state index in [4.69, 9.17) is 4.74 Å². The molecule has 1 aliphatic heterocycles. The Balaban J connectivity index is 0.00000208. The van der Waals surface area contributed by atoms with Crippen molar-refractivity contribution in [3.05, 3.63) is 22.4 Å². The fourth-order valence-corrected chi connectivity index (χ4v) is 4.84. The average molecular weight is 463 g/mol. The minimum absolute atomic E-state index is 0. The lowest BCUT2D eigenvalue weighted by Gasteiger charge is -2.60. The molecule has 0 aromatic carbocycles. The molecule has 0 bridgehead atoms. The van der Waals surface area contributed by atoms with Crippen LogP contribution in [0.25, 0.3) is 0 Å². The zero-order chi connectivity index (χ0) is 16.4. The van der Waals surface area contributed by atoms with Gasteiger partial charge in [-0.25, -0.2) is 0 Å². The SMILES string of the molecule is CN=C(NC1C2CCCOC2C1(C)C)N(C)CCc1cccs1.I. The Morgan fingerprint density at radius 3 is 2.96 bits per heavy atom. The fraction of sp³-hybridized carbons (Fsp3) is 0.722. The molecule has 1 saturated heterocycles. The number of halogens is 1. The van der Waals surface area contributed by atoms with Crippen molar-refractivity contribution in [1.29, 1.82) is 0 Å². The van der Waals surface area contributed by atoms with E-state index < -0.39 is 0 Å². The van der Waals surface area contributed by atoms with Crippen molar-refractivity contribution < 1.29 is 4.74 Å². The van der Waals surface area contributed by atoms with Gasteiger partial charge in [-0.1, -0.05) is 19.9 Å². The highest BCUT2D eigenvalue weighted by atomic mass is 127. The molecular weight excluding hydrogens is 433 g/mol. The standard InChI is InChI=1S/C18H29N3OS.HI/c1-18(2)15(14-8-5-11-22-16(14)18)20-17(19-3)21(4)10-9-13-7-6-12-23-13;/h6-7,12,14-16H,5,8-11H2,1-4H3,(H,19,20);1H. The summed E-state index contributed by atoms with van der Waals surface area (Å²) in [5.74, 6) is 1.63. The van der Waals surface area contributed by atoms with Crippen LogP contribution in [-0.4, -0.2) is 50.3 Å². The highest BCUT2D eigenvalue weighted by Crippen LogP contribution is 2.51. The first-order valence-electron chi connectivity index (χ1n) is 8.62. The van der Waals surface area contributed by atoms with E-state index in [1.165, 1.54) is 17.7 Å². The monoisotopic (exact) mass is 463 g/mol. The molecule has 1 aromatic rings. The Labute approximate surface area is 167 Å². The van der Waals surface area contributed by atoms with Crippen LogP contribution in [0.5, 0.6) is 0 Å². The maximum Gasteiger partial charge on any atom is 0.193 e. The number of nitrogens with one attached hydrogen (secondary N) is 1. The summed E-state index contributed by atoms with van der Waals surface area (Å²) >= 11 is 1.82. The van der Waals surface area contributed by atoms with Gasteiger partial charge in [-0.3, -0.25) is 4.99 Å². The Hall–Kier alpha value is -0.340. The Morgan fingerprint density at radius 1 is 1.50 bits per heavy atom. The number of nitrogens with zero attached hydrogens (tertiary/aromatic N) is 2. The Kier molecular flexibility index (Phi) is 6.96. The van der Waals surface area contributed by atoms with Crippen LogP contribution in [0.3, 0.4) is 0 Å². The third kappa shape index (κ3) is 3.90. The molecule has 1 N–H and O–H groups in total. The second kappa shape index (κ2) is 8.36. The lowest BCUT2D eigenvalue weighted by atomic mass is 9.55. The van der Waals surface area contributed by atoms with Crippen LogP contribution >= 0.6 is 35.3 Å². The van der Waals surface area contributed by atoms with E-state index in [-0.39, 0.29) is 29.4 Å². The van der Waals surface area contributed by atoms with Gasteiger partial charge < -0.3 is 15.0 Å². The molecule has 6 heteroatoms. The van der Waals surface area contributed by atoms with Crippen LogP contribution in [0.1, 0.15) is 31.6 Å². The van der Waals surface area contributed by atoms with Crippen molar-refractivity contribution in [3.8, 4) is 0 Å². The highest BCUT2D eigenvalue weighted by molar-refractivity contribution is 14.0. The van der Waals surface area contributed by atoms with E-state index in [0.29, 0.717) is 18.1 Å². The maximum atomic E-state index is 6.00. The molecule has 3 unspecified atom stereocenters. The van der Waals surface area contributed by atoms with Gasteiger partial charge in [0.15, 0.2) is 5.96 Å². The molecule has 1 aromatic heterocycles. The normalized spacial score (nSPS) is 28.3. The number of guanidine groups is 1. The molecule has 2 fully saturated rings. The van der Waals surface area contributed by atoms with Crippen LogP contribution in [0.15, 0.2) is 22.5 Å². The molecule has 4 nitrogen and oxygen atoms in total. The molecule has 136 valence electrons. The molecule has 24 heavy (non-hydrogen) atoms. The predicted octanol–water partition coefficient (Wildman–Crippen LogP) is 3.62. The molecule has 0 spiro atoms. The summed E-state index contributed by atoms with van der Waals surface area (Å²) in [6, 6.07) is 4.77.